The van der Waals surface area contributed by atoms with Gasteiger partial charge in [-0.1, -0.05) is 18.2 Å². The molecule has 0 radical (unpaired) electrons. The van der Waals surface area contributed by atoms with E-state index in [4.69, 9.17) is 9.84 Å². The van der Waals surface area contributed by atoms with E-state index >= 15 is 0 Å². The molecule has 0 bridgehead atoms. The van der Waals surface area contributed by atoms with Gasteiger partial charge in [-0.3, -0.25) is 0 Å². The van der Waals surface area contributed by atoms with Crippen LogP contribution in [0.4, 0.5) is 5.69 Å². The summed E-state index contributed by atoms with van der Waals surface area (Å²) in [6, 6.07) is 17.7. The number of hydrogen-bond acceptors (Lipinski definition) is 3. The molecule has 3 heteroatoms. The zero-order valence-corrected chi connectivity index (χ0v) is 11.6. The van der Waals surface area contributed by atoms with E-state index in [2.05, 4.69) is 5.32 Å². The summed E-state index contributed by atoms with van der Waals surface area (Å²) < 4.78 is 5.74. The van der Waals surface area contributed by atoms with Crippen LogP contribution in [0.15, 0.2) is 54.6 Å². The van der Waals surface area contributed by atoms with Gasteiger partial charge in [0.15, 0.2) is 0 Å². The molecule has 0 fully saturated rings. The molecule has 0 amide bonds. The Hall–Kier alpha value is -2.00. The van der Waals surface area contributed by atoms with Gasteiger partial charge in [0.1, 0.15) is 11.5 Å². The minimum Gasteiger partial charge on any atom is -0.457 e. The number of aliphatic hydroxyl groups excluding tert-OH is 1. The van der Waals surface area contributed by atoms with Crippen LogP contribution in [0.1, 0.15) is 19.3 Å². The monoisotopic (exact) mass is 271 g/mol. The van der Waals surface area contributed by atoms with Crippen LogP contribution in [-0.2, 0) is 0 Å². The Morgan fingerprint density at radius 1 is 0.800 bits per heavy atom. The first-order chi connectivity index (χ1) is 9.88. The van der Waals surface area contributed by atoms with Crippen LogP contribution in [0.25, 0.3) is 0 Å². The van der Waals surface area contributed by atoms with Gasteiger partial charge in [0.2, 0.25) is 0 Å². The molecule has 0 heterocycles. The molecule has 2 aromatic rings. The largest absolute Gasteiger partial charge is 0.457 e. The lowest BCUT2D eigenvalue weighted by Gasteiger charge is -2.08. The third kappa shape index (κ3) is 4.94. The first-order valence-corrected chi connectivity index (χ1v) is 7.06. The fraction of sp³-hybridized carbons (Fsp3) is 0.294. The molecule has 2 aromatic carbocycles. The van der Waals surface area contributed by atoms with Gasteiger partial charge in [-0.25, -0.2) is 0 Å². The topological polar surface area (TPSA) is 41.5 Å². The molecule has 0 aliphatic carbocycles. The molecular formula is C17H21NO2. The van der Waals surface area contributed by atoms with Crippen molar-refractivity contribution in [2.45, 2.75) is 19.3 Å². The minimum absolute atomic E-state index is 0.283. The van der Waals surface area contributed by atoms with Gasteiger partial charge in [-0.2, -0.15) is 0 Å². The van der Waals surface area contributed by atoms with E-state index in [0.29, 0.717) is 0 Å². The van der Waals surface area contributed by atoms with E-state index < -0.39 is 0 Å². The standard InChI is InChI=1S/C17H21NO2/c19-14-6-2-5-13-18-15-9-11-17(12-10-15)20-16-7-3-1-4-8-16/h1,3-4,7-12,18-19H,2,5-6,13-14H2. The highest BCUT2D eigenvalue weighted by molar-refractivity contribution is 5.47. The van der Waals surface area contributed by atoms with E-state index in [9.17, 15) is 0 Å². The van der Waals surface area contributed by atoms with E-state index in [1.165, 1.54) is 0 Å². The average molecular weight is 271 g/mol. The highest BCUT2D eigenvalue weighted by Crippen LogP contribution is 2.22. The van der Waals surface area contributed by atoms with Gasteiger partial charge >= 0.3 is 0 Å². The summed E-state index contributed by atoms with van der Waals surface area (Å²) in [6.45, 7) is 1.21. The number of para-hydroxylation sites is 1. The Labute approximate surface area is 120 Å². The number of aliphatic hydroxyl groups is 1. The maximum Gasteiger partial charge on any atom is 0.127 e. The van der Waals surface area contributed by atoms with Crippen molar-refractivity contribution in [1.82, 2.24) is 0 Å². The second kappa shape index (κ2) is 8.23. The van der Waals surface area contributed by atoms with Gasteiger partial charge in [-0.15, -0.1) is 0 Å². The number of hydrogen-bond donors (Lipinski definition) is 2. The first kappa shape index (κ1) is 14.4. The Kier molecular flexibility index (Phi) is 5.93. The summed E-state index contributed by atoms with van der Waals surface area (Å²) in [5.41, 5.74) is 1.09. The molecule has 0 saturated heterocycles. The molecule has 0 saturated carbocycles. The molecule has 0 atom stereocenters. The molecule has 2 rings (SSSR count). The van der Waals surface area contributed by atoms with Crippen LogP contribution in [0.2, 0.25) is 0 Å². The fourth-order valence-electron chi connectivity index (χ4n) is 1.91. The second-order valence-corrected chi connectivity index (χ2v) is 4.65. The SMILES string of the molecule is OCCCCCNc1ccc(Oc2ccccc2)cc1. The number of anilines is 1. The molecule has 0 aliphatic heterocycles. The quantitative estimate of drug-likeness (QED) is 0.712. The molecule has 0 aromatic heterocycles. The lowest BCUT2D eigenvalue weighted by molar-refractivity contribution is 0.283. The van der Waals surface area contributed by atoms with Gasteiger partial charge in [0, 0.05) is 18.8 Å². The van der Waals surface area contributed by atoms with E-state index in [-0.39, 0.29) is 6.61 Å². The summed E-state index contributed by atoms with van der Waals surface area (Å²) in [6.07, 6.45) is 3.01. The molecule has 106 valence electrons. The van der Waals surface area contributed by atoms with Gasteiger partial charge in [-0.05, 0) is 55.7 Å². The third-order valence-electron chi connectivity index (χ3n) is 3.00. The summed E-state index contributed by atoms with van der Waals surface area (Å²) in [4.78, 5) is 0. The first-order valence-electron chi connectivity index (χ1n) is 7.06. The van der Waals surface area contributed by atoms with E-state index in [1.807, 2.05) is 54.6 Å². The van der Waals surface area contributed by atoms with Crippen LogP contribution in [0, 0.1) is 0 Å². The van der Waals surface area contributed by atoms with Crippen molar-refractivity contribution < 1.29 is 9.84 Å². The van der Waals surface area contributed by atoms with Crippen molar-refractivity contribution in [2.75, 3.05) is 18.5 Å². The van der Waals surface area contributed by atoms with Crippen LogP contribution >= 0.6 is 0 Å². The normalized spacial score (nSPS) is 10.2. The minimum atomic E-state index is 0.283. The van der Waals surface area contributed by atoms with Crippen LogP contribution in [-0.4, -0.2) is 18.3 Å². The zero-order chi connectivity index (χ0) is 14.0. The predicted octanol–water partition coefficient (Wildman–Crippen LogP) is 4.05. The molecule has 0 spiro atoms. The summed E-state index contributed by atoms with van der Waals surface area (Å²) in [5.74, 6) is 1.68. The Morgan fingerprint density at radius 2 is 1.50 bits per heavy atom. The van der Waals surface area contributed by atoms with Gasteiger partial charge < -0.3 is 15.2 Å². The summed E-state index contributed by atoms with van der Waals surface area (Å²) in [7, 11) is 0. The fourth-order valence-corrected chi connectivity index (χ4v) is 1.91. The number of benzene rings is 2. The van der Waals surface area contributed by atoms with Crippen molar-refractivity contribution >= 4 is 5.69 Å². The second-order valence-electron chi connectivity index (χ2n) is 4.65. The highest BCUT2D eigenvalue weighted by atomic mass is 16.5. The smallest absolute Gasteiger partial charge is 0.127 e. The Morgan fingerprint density at radius 3 is 2.20 bits per heavy atom. The summed E-state index contributed by atoms with van der Waals surface area (Å²) >= 11 is 0. The predicted molar refractivity (Wildman–Crippen MR) is 82.4 cm³/mol. The molecule has 20 heavy (non-hydrogen) atoms. The van der Waals surface area contributed by atoms with E-state index in [1.54, 1.807) is 0 Å². The lowest BCUT2D eigenvalue weighted by atomic mass is 10.2. The van der Waals surface area contributed by atoms with Crippen molar-refractivity contribution in [3.8, 4) is 11.5 Å². The van der Waals surface area contributed by atoms with Crippen LogP contribution in [0.3, 0.4) is 0 Å². The Balaban J connectivity index is 1.78. The molecule has 0 aliphatic rings. The molecule has 2 N–H and O–H groups in total. The number of ether oxygens (including phenoxy) is 1. The molecule has 0 unspecified atom stereocenters. The Bertz CT molecular complexity index is 482. The number of nitrogens with one attached hydrogen (secondary N) is 1. The van der Waals surface area contributed by atoms with Crippen LogP contribution < -0.4 is 10.1 Å². The van der Waals surface area contributed by atoms with E-state index in [0.717, 1.165) is 43.0 Å². The number of unbranched alkanes of at least 4 members (excludes halogenated alkanes) is 2. The number of rotatable bonds is 8. The third-order valence-corrected chi connectivity index (χ3v) is 3.00. The van der Waals surface area contributed by atoms with Crippen molar-refractivity contribution in [3.05, 3.63) is 54.6 Å². The summed E-state index contributed by atoms with van der Waals surface area (Å²) in [5, 5.41) is 12.1. The highest BCUT2D eigenvalue weighted by Gasteiger charge is 1.97. The van der Waals surface area contributed by atoms with Crippen molar-refractivity contribution in [2.24, 2.45) is 0 Å². The zero-order valence-electron chi connectivity index (χ0n) is 11.6. The van der Waals surface area contributed by atoms with Gasteiger partial charge in [0.05, 0.1) is 0 Å². The molecular weight excluding hydrogens is 250 g/mol. The molecule has 3 nitrogen and oxygen atoms in total. The maximum atomic E-state index is 8.70. The van der Waals surface area contributed by atoms with Crippen LogP contribution in [0.5, 0.6) is 11.5 Å². The maximum absolute atomic E-state index is 8.70. The lowest BCUT2D eigenvalue weighted by Crippen LogP contribution is -2.01. The van der Waals surface area contributed by atoms with Gasteiger partial charge in [0.25, 0.3) is 0 Å². The average Bonchev–Trinajstić information content (AvgIpc) is 2.50. The van der Waals surface area contributed by atoms with Crippen molar-refractivity contribution in [3.63, 3.8) is 0 Å². The van der Waals surface area contributed by atoms with Crippen molar-refractivity contribution in [1.29, 1.82) is 0 Å².